The fourth-order valence-electron chi connectivity index (χ4n) is 2.81. The molecule has 1 amide bonds. The first-order valence-corrected chi connectivity index (χ1v) is 7.83. The van der Waals surface area contributed by atoms with E-state index < -0.39 is 0 Å². The van der Waals surface area contributed by atoms with Gasteiger partial charge in [0.1, 0.15) is 11.6 Å². The lowest BCUT2D eigenvalue weighted by molar-refractivity contribution is -0.117. The van der Waals surface area contributed by atoms with Crippen LogP contribution >= 0.6 is 0 Å². The summed E-state index contributed by atoms with van der Waals surface area (Å²) >= 11 is 0. The smallest absolute Gasteiger partial charge is 0.239 e. The van der Waals surface area contributed by atoms with E-state index in [9.17, 15) is 10.1 Å². The van der Waals surface area contributed by atoms with Crippen LogP contribution in [0.3, 0.4) is 0 Å². The minimum absolute atomic E-state index is 0.110. The van der Waals surface area contributed by atoms with Crippen LogP contribution in [-0.2, 0) is 4.79 Å². The van der Waals surface area contributed by atoms with Gasteiger partial charge in [-0.05, 0) is 38.1 Å². The van der Waals surface area contributed by atoms with Crippen LogP contribution in [-0.4, -0.2) is 40.2 Å². The van der Waals surface area contributed by atoms with E-state index in [0.717, 1.165) is 31.6 Å². The van der Waals surface area contributed by atoms with Gasteiger partial charge in [0.2, 0.25) is 5.91 Å². The lowest BCUT2D eigenvalue weighted by Gasteiger charge is -2.25. The average Bonchev–Trinajstić information content (AvgIpc) is 2.99. The molecule has 0 saturated carbocycles. The number of amides is 1. The van der Waals surface area contributed by atoms with Crippen molar-refractivity contribution in [1.82, 2.24) is 14.7 Å². The van der Waals surface area contributed by atoms with Crippen molar-refractivity contribution in [3.05, 3.63) is 42.1 Å². The summed E-state index contributed by atoms with van der Waals surface area (Å²) in [6.07, 6.45) is 4.98. The number of aromatic nitrogens is 2. The molecule has 1 aliphatic rings. The molecule has 0 unspecified atom stereocenters. The van der Waals surface area contributed by atoms with E-state index in [1.165, 1.54) is 12.6 Å². The minimum Gasteiger partial charge on any atom is -0.308 e. The highest BCUT2D eigenvalue weighted by Gasteiger charge is 2.18. The molecule has 1 aliphatic heterocycles. The molecule has 0 aliphatic carbocycles. The monoisotopic (exact) mass is 309 g/mol. The number of piperidine rings is 1. The van der Waals surface area contributed by atoms with E-state index in [1.54, 1.807) is 4.68 Å². The molecule has 1 aromatic heterocycles. The Bertz CT molecular complexity index is 710. The zero-order chi connectivity index (χ0) is 16.1. The molecular weight excluding hydrogens is 290 g/mol. The minimum atomic E-state index is -0.110. The number of nitrogens with one attached hydrogen (secondary N) is 1. The second-order valence-corrected chi connectivity index (χ2v) is 5.65. The van der Waals surface area contributed by atoms with Crippen LogP contribution in [0.4, 0.5) is 5.82 Å². The van der Waals surface area contributed by atoms with Gasteiger partial charge in [-0.3, -0.25) is 9.69 Å². The Kier molecular flexibility index (Phi) is 4.69. The molecule has 2 aromatic rings. The number of hydrogen-bond donors (Lipinski definition) is 1. The van der Waals surface area contributed by atoms with Crippen molar-refractivity contribution >= 4 is 11.7 Å². The number of carbonyl (C=O) groups excluding carboxylic acids is 1. The van der Waals surface area contributed by atoms with Gasteiger partial charge in [0.25, 0.3) is 0 Å². The molecule has 0 radical (unpaired) electrons. The van der Waals surface area contributed by atoms with Gasteiger partial charge in [-0.2, -0.15) is 10.4 Å². The lowest BCUT2D eigenvalue weighted by Crippen LogP contribution is -2.37. The fraction of sp³-hybridized carbons (Fsp3) is 0.353. The predicted octanol–water partition coefficient (Wildman–Crippen LogP) is 2.17. The van der Waals surface area contributed by atoms with Gasteiger partial charge in [-0.25, -0.2) is 4.68 Å². The van der Waals surface area contributed by atoms with E-state index in [2.05, 4.69) is 21.4 Å². The molecule has 0 atom stereocenters. The van der Waals surface area contributed by atoms with Gasteiger partial charge in [-0.15, -0.1) is 0 Å². The van der Waals surface area contributed by atoms with Gasteiger partial charge >= 0.3 is 0 Å². The lowest BCUT2D eigenvalue weighted by atomic mass is 10.1. The van der Waals surface area contributed by atoms with Crippen LogP contribution in [0.2, 0.25) is 0 Å². The largest absolute Gasteiger partial charge is 0.308 e. The molecule has 6 nitrogen and oxygen atoms in total. The zero-order valence-corrected chi connectivity index (χ0v) is 12.9. The SMILES string of the molecule is N#Cc1cnn(-c2ccccc2)c1NC(=O)CN1CCCCC1. The molecule has 1 saturated heterocycles. The molecule has 118 valence electrons. The summed E-state index contributed by atoms with van der Waals surface area (Å²) in [5.41, 5.74) is 1.17. The number of nitrogens with zero attached hydrogens (tertiary/aromatic N) is 4. The van der Waals surface area contributed by atoms with Crippen LogP contribution < -0.4 is 5.32 Å². The van der Waals surface area contributed by atoms with Crippen molar-refractivity contribution in [1.29, 1.82) is 5.26 Å². The second-order valence-electron chi connectivity index (χ2n) is 5.65. The maximum Gasteiger partial charge on any atom is 0.239 e. The Morgan fingerprint density at radius 1 is 1.22 bits per heavy atom. The standard InChI is InChI=1S/C17H19N5O/c18-11-14-12-19-22(15-7-3-1-4-8-15)17(14)20-16(23)13-21-9-5-2-6-10-21/h1,3-4,7-8,12H,2,5-6,9-10,13H2,(H,20,23). The highest BCUT2D eigenvalue weighted by atomic mass is 16.2. The summed E-state index contributed by atoms with van der Waals surface area (Å²) in [7, 11) is 0. The number of likely N-dealkylation sites (tertiary alicyclic amines) is 1. The maximum atomic E-state index is 12.3. The summed E-state index contributed by atoms with van der Waals surface area (Å²) < 4.78 is 1.59. The number of anilines is 1. The normalized spacial score (nSPS) is 15.1. The van der Waals surface area contributed by atoms with Crippen molar-refractivity contribution in [3.63, 3.8) is 0 Å². The summed E-state index contributed by atoms with van der Waals surface area (Å²) in [5, 5.41) is 16.3. The fourth-order valence-corrected chi connectivity index (χ4v) is 2.81. The molecular formula is C17H19N5O. The van der Waals surface area contributed by atoms with Crippen LogP contribution in [0.15, 0.2) is 36.5 Å². The number of benzene rings is 1. The molecule has 3 rings (SSSR count). The third kappa shape index (κ3) is 3.58. The molecule has 0 spiro atoms. The van der Waals surface area contributed by atoms with Gasteiger partial charge in [0.15, 0.2) is 5.82 Å². The Balaban J connectivity index is 1.77. The number of nitriles is 1. The van der Waals surface area contributed by atoms with E-state index in [-0.39, 0.29) is 5.91 Å². The summed E-state index contributed by atoms with van der Waals surface area (Å²) in [4.78, 5) is 14.5. The van der Waals surface area contributed by atoms with Gasteiger partial charge < -0.3 is 5.32 Å². The van der Waals surface area contributed by atoms with Crippen molar-refractivity contribution in [2.45, 2.75) is 19.3 Å². The molecule has 2 heterocycles. The first kappa shape index (κ1) is 15.3. The third-order valence-corrected chi connectivity index (χ3v) is 3.96. The second kappa shape index (κ2) is 7.07. The Morgan fingerprint density at radius 3 is 2.65 bits per heavy atom. The number of para-hydroxylation sites is 1. The molecule has 0 bridgehead atoms. The Labute approximate surface area is 135 Å². The van der Waals surface area contributed by atoms with Gasteiger partial charge in [-0.1, -0.05) is 24.6 Å². The highest BCUT2D eigenvalue weighted by molar-refractivity contribution is 5.92. The van der Waals surface area contributed by atoms with E-state index >= 15 is 0 Å². The molecule has 23 heavy (non-hydrogen) atoms. The summed E-state index contributed by atoms with van der Waals surface area (Å²) in [5.74, 6) is 0.321. The van der Waals surface area contributed by atoms with Crippen molar-refractivity contribution < 1.29 is 4.79 Å². The van der Waals surface area contributed by atoms with Crippen LogP contribution in [0.5, 0.6) is 0 Å². The van der Waals surface area contributed by atoms with E-state index in [0.29, 0.717) is 17.9 Å². The molecule has 1 N–H and O–H groups in total. The summed E-state index contributed by atoms with van der Waals surface area (Å²) in [6, 6.07) is 11.5. The van der Waals surface area contributed by atoms with E-state index in [1.807, 2.05) is 30.3 Å². The maximum absolute atomic E-state index is 12.3. The quantitative estimate of drug-likeness (QED) is 0.939. The van der Waals surface area contributed by atoms with Gasteiger partial charge in [0.05, 0.1) is 18.4 Å². The van der Waals surface area contributed by atoms with Crippen LogP contribution in [0.1, 0.15) is 24.8 Å². The van der Waals surface area contributed by atoms with Gasteiger partial charge in [0, 0.05) is 0 Å². The van der Waals surface area contributed by atoms with Crippen LogP contribution in [0, 0.1) is 11.3 Å². The molecule has 1 aromatic carbocycles. The van der Waals surface area contributed by atoms with E-state index in [4.69, 9.17) is 0 Å². The molecule has 6 heteroatoms. The van der Waals surface area contributed by atoms with Crippen molar-refractivity contribution in [2.75, 3.05) is 25.0 Å². The molecule has 1 fully saturated rings. The third-order valence-electron chi connectivity index (χ3n) is 3.96. The first-order chi connectivity index (χ1) is 11.3. The Morgan fingerprint density at radius 2 is 1.96 bits per heavy atom. The zero-order valence-electron chi connectivity index (χ0n) is 12.9. The number of rotatable bonds is 4. The Hall–Kier alpha value is -2.65. The van der Waals surface area contributed by atoms with Crippen molar-refractivity contribution in [3.8, 4) is 11.8 Å². The van der Waals surface area contributed by atoms with Crippen LogP contribution in [0.25, 0.3) is 5.69 Å². The number of carbonyl (C=O) groups is 1. The number of hydrogen-bond acceptors (Lipinski definition) is 4. The average molecular weight is 309 g/mol. The topological polar surface area (TPSA) is 74.0 Å². The summed E-state index contributed by atoms with van der Waals surface area (Å²) in [6.45, 7) is 2.26. The predicted molar refractivity (Wildman–Crippen MR) is 87.2 cm³/mol. The van der Waals surface area contributed by atoms with Crippen molar-refractivity contribution in [2.24, 2.45) is 0 Å². The highest BCUT2D eigenvalue weighted by Crippen LogP contribution is 2.19. The first-order valence-electron chi connectivity index (χ1n) is 7.83.